The summed E-state index contributed by atoms with van der Waals surface area (Å²) in [7, 11) is 0. The first-order chi connectivity index (χ1) is 7.51. The molecule has 6 heteroatoms. The lowest BCUT2D eigenvalue weighted by Crippen LogP contribution is -2.12. The van der Waals surface area contributed by atoms with Crippen LogP contribution in [0.5, 0.6) is 0 Å². The Kier molecular flexibility index (Phi) is 3.45. The highest BCUT2D eigenvalue weighted by Crippen LogP contribution is 2.37. The van der Waals surface area contributed by atoms with Gasteiger partial charge in [-0.2, -0.15) is 26.3 Å². The molecule has 0 heterocycles. The molecule has 0 fully saturated rings. The predicted molar refractivity (Wildman–Crippen MR) is 50.5 cm³/mol. The second-order valence-corrected chi connectivity index (χ2v) is 3.99. The number of hydrogen-bond donors (Lipinski definition) is 0. The standard InChI is InChI=1S/C11H10F6/c1-6(2)7-3-8(10(12,13)14)5-9(4-7)11(15,16)17/h3-6H,1-2H3. The molecule has 0 radical (unpaired) electrons. The van der Waals surface area contributed by atoms with E-state index in [1.807, 2.05) is 0 Å². The van der Waals surface area contributed by atoms with Crippen molar-refractivity contribution in [1.29, 1.82) is 0 Å². The van der Waals surface area contributed by atoms with E-state index >= 15 is 0 Å². The fourth-order valence-corrected chi connectivity index (χ4v) is 1.31. The Morgan fingerprint density at radius 2 is 1.12 bits per heavy atom. The van der Waals surface area contributed by atoms with Crippen LogP contribution in [0.4, 0.5) is 26.3 Å². The Hall–Kier alpha value is -1.20. The summed E-state index contributed by atoms with van der Waals surface area (Å²) in [5.74, 6) is -0.404. The van der Waals surface area contributed by atoms with Crippen LogP contribution < -0.4 is 0 Å². The molecule has 96 valence electrons. The van der Waals surface area contributed by atoms with Crippen LogP contribution in [0.1, 0.15) is 36.5 Å². The third-order valence-corrected chi connectivity index (χ3v) is 2.28. The molecule has 0 aliphatic carbocycles. The number of benzene rings is 1. The summed E-state index contributed by atoms with van der Waals surface area (Å²) in [5, 5.41) is 0. The van der Waals surface area contributed by atoms with Gasteiger partial charge in [-0.3, -0.25) is 0 Å². The highest BCUT2D eigenvalue weighted by Gasteiger charge is 2.36. The zero-order valence-corrected chi connectivity index (χ0v) is 9.08. The van der Waals surface area contributed by atoms with Crippen LogP contribution in [-0.2, 0) is 12.4 Å². The molecule has 0 amide bonds. The number of rotatable bonds is 1. The van der Waals surface area contributed by atoms with Crippen molar-refractivity contribution in [2.75, 3.05) is 0 Å². The van der Waals surface area contributed by atoms with Crippen LogP contribution in [0.25, 0.3) is 0 Å². The van der Waals surface area contributed by atoms with Gasteiger partial charge in [-0.1, -0.05) is 13.8 Å². The number of alkyl halides is 6. The van der Waals surface area contributed by atoms with Crippen molar-refractivity contribution in [2.45, 2.75) is 32.1 Å². The summed E-state index contributed by atoms with van der Waals surface area (Å²) in [6.07, 6.45) is -9.55. The largest absolute Gasteiger partial charge is 0.416 e. The molecule has 0 spiro atoms. The second kappa shape index (κ2) is 4.23. The molecule has 0 nitrogen and oxygen atoms in total. The van der Waals surface area contributed by atoms with Crippen molar-refractivity contribution in [3.05, 3.63) is 34.9 Å². The Balaban J connectivity index is 3.40. The molecule has 1 rings (SSSR count). The van der Waals surface area contributed by atoms with Gasteiger partial charge in [0.25, 0.3) is 0 Å². The summed E-state index contributed by atoms with van der Waals surface area (Å²) in [6.45, 7) is 3.07. The van der Waals surface area contributed by atoms with Gasteiger partial charge in [-0.05, 0) is 29.7 Å². The molecule has 0 aliphatic rings. The van der Waals surface area contributed by atoms with E-state index in [4.69, 9.17) is 0 Å². The van der Waals surface area contributed by atoms with Gasteiger partial charge in [0, 0.05) is 0 Å². The Morgan fingerprint density at radius 3 is 1.35 bits per heavy atom. The van der Waals surface area contributed by atoms with Crippen molar-refractivity contribution in [3.8, 4) is 0 Å². The van der Waals surface area contributed by atoms with Crippen molar-refractivity contribution in [3.63, 3.8) is 0 Å². The van der Waals surface area contributed by atoms with Crippen LogP contribution in [0, 0.1) is 0 Å². The van der Waals surface area contributed by atoms with Crippen molar-refractivity contribution >= 4 is 0 Å². The Bertz CT molecular complexity index is 367. The summed E-state index contributed by atoms with van der Waals surface area (Å²) < 4.78 is 74.6. The predicted octanol–water partition coefficient (Wildman–Crippen LogP) is 4.85. The average molecular weight is 256 g/mol. The van der Waals surface area contributed by atoms with Gasteiger partial charge in [-0.15, -0.1) is 0 Å². The van der Waals surface area contributed by atoms with Gasteiger partial charge < -0.3 is 0 Å². The molecular weight excluding hydrogens is 246 g/mol. The van der Waals surface area contributed by atoms with Gasteiger partial charge >= 0.3 is 12.4 Å². The van der Waals surface area contributed by atoms with E-state index in [-0.39, 0.29) is 11.6 Å². The molecule has 0 saturated heterocycles. The van der Waals surface area contributed by atoms with Gasteiger partial charge in [0.2, 0.25) is 0 Å². The maximum absolute atomic E-state index is 12.4. The Labute approximate surface area is 94.2 Å². The number of hydrogen-bond acceptors (Lipinski definition) is 0. The molecule has 0 N–H and O–H groups in total. The average Bonchev–Trinajstić information content (AvgIpc) is 2.14. The molecule has 0 aliphatic heterocycles. The minimum Gasteiger partial charge on any atom is -0.166 e. The fourth-order valence-electron chi connectivity index (χ4n) is 1.31. The van der Waals surface area contributed by atoms with Crippen LogP contribution in [0.3, 0.4) is 0 Å². The summed E-state index contributed by atoms with van der Waals surface area (Å²) in [4.78, 5) is 0. The molecule has 0 bridgehead atoms. The molecule has 0 unspecified atom stereocenters. The van der Waals surface area contributed by atoms with Gasteiger partial charge in [0.05, 0.1) is 11.1 Å². The topological polar surface area (TPSA) is 0 Å². The van der Waals surface area contributed by atoms with E-state index in [0.29, 0.717) is 0 Å². The van der Waals surface area contributed by atoms with E-state index in [9.17, 15) is 26.3 Å². The quantitative estimate of drug-likeness (QED) is 0.630. The highest BCUT2D eigenvalue weighted by atomic mass is 19.4. The van der Waals surface area contributed by atoms with E-state index in [2.05, 4.69) is 0 Å². The monoisotopic (exact) mass is 256 g/mol. The molecule has 0 atom stereocenters. The van der Waals surface area contributed by atoms with Crippen LogP contribution in [0.2, 0.25) is 0 Å². The normalized spacial score (nSPS) is 13.2. The minimum atomic E-state index is -4.77. The smallest absolute Gasteiger partial charge is 0.166 e. The lowest BCUT2D eigenvalue weighted by atomic mass is 9.97. The molecule has 1 aromatic rings. The van der Waals surface area contributed by atoms with E-state index in [1.165, 1.54) is 13.8 Å². The lowest BCUT2D eigenvalue weighted by molar-refractivity contribution is -0.143. The molecule has 17 heavy (non-hydrogen) atoms. The maximum atomic E-state index is 12.4. The maximum Gasteiger partial charge on any atom is 0.416 e. The van der Waals surface area contributed by atoms with Crippen LogP contribution >= 0.6 is 0 Å². The van der Waals surface area contributed by atoms with Crippen molar-refractivity contribution < 1.29 is 26.3 Å². The molecule has 0 aromatic heterocycles. The molecule has 1 aromatic carbocycles. The van der Waals surface area contributed by atoms with Gasteiger partial charge in [0.1, 0.15) is 0 Å². The first kappa shape index (κ1) is 13.9. The highest BCUT2D eigenvalue weighted by molar-refractivity contribution is 5.35. The van der Waals surface area contributed by atoms with E-state index in [0.717, 1.165) is 12.1 Å². The van der Waals surface area contributed by atoms with Gasteiger partial charge in [0.15, 0.2) is 0 Å². The lowest BCUT2D eigenvalue weighted by Gasteiger charge is -2.15. The van der Waals surface area contributed by atoms with Crippen LogP contribution in [-0.4, -0.2) is 0 Å². The van der Waals surface area contributed by atoms with Crippen molar-refractivity contribution in [2.24, 2.45) is 0 Å². The third-order valence-electron chi connectivity index (χ3n) is 2.28. The van der Waals surface area contributed by atoms with Crippen molar-refractivity contribution in [1.82, 2.24) is 0 Å². The fraction of sp³-hybridized carbons (Fsp3) is 0.455. The number of halogens is 6. The first-order valence-corrected chi connectivity index (χ1v) is 4.81. The second-order valence-electron chi connectivity index (χ2n) is 3.99. The zero-order chi connectivity index (χ0) is 13.4. The van der Waals surface area contributed by atoms with E-state index in [1.54, 1.807) is 0 Å². The molecular formula is C11H10F6. The van der Waals surface area contributed by atoms with E-state index < -0.39 is 29.4 Å². The first-order valence-electron chi connectivity index (χ1n) is 4.81. The summed E-state index contributed by atoms with van der Waals surface area (Å²) in [6, 6.07) is 1.63. The third kappa shape index (κ3) is 3.38. The van der Waals surface area contributed by atoms with Gasteiger partial charge in [-0.25, -0.2) is 0 Å². The zero-order valence-electron chi connectivity index (χ0n) is 9.08. The SMILES string of the molecule is CC(C)c1cc(C(F)(F)F)cc(C(F)(F)F)c1. The minimum absolute atomic E-state index is 0.0205. The Morgan fingerprint density at radius 1 is 0.765 bits per heavy atom. The summed E-state index contributed by atoms with van der Waals surface area (Å²) >= 11 is 0. The summed E-state index contributed by atoms with van der Waals surface area (Å²) in [5.41, 5.74) is -2.51. The molecule has 0 saturated carbocycles. The van der Waals surface area contributed by atoms with Crippen LogP contribution in [0.15, 0.2) is 18.2 Å².